The number of hydrazine groups is 1. The van der Waals surface area contributed by atoms with Crippen molar-refractivity contribution in [3.8, 4) is 22.5 Å². The van der Waals surface area contributed by atoms with Crippen LogP contribution < -0.4 is 10.7 Å². The summed E-state index contributed by atoms with van der Waals surface area (Å²) in [6.45, 7) is 14.3. The number of pyridine rings is 1. The Balaban J connectivity index is 1.14. The van der Waals surface area contributed by atoms with Gasteiger partial charge in [-0.1, -0.05) is 33.8 Å². The quantitative estimate of drug-likeness (QED) is 0.193. The van der Waals surface area contributed by atoms with Crippen molar-refractivity contribution in [2.45, 2.75) is 109 Å². The van der Waals surface area contributed by atoms with Crippen molar-refractivity contribution in [1.82, 2.24) is 40.1 Å². The third-order valence-corrected chi connectivity index (χ3v) is 15.8. The summed E-state index contributed by atoms with van der Waals surface area (Å²) < 4.78 is 20.5. The number of carbonyl (C=O) groups is 3. The maximum atomic E-state index is 14.9. The van der Waals surface area contributed by atoms with Crippen molar-refractivity contribution in [2.24, 2.45) is 23.2 Å². The summed E-state index contributed by atoms with van der Waals surface area (Å²) in [6.07, 6.45) is 5.90. The van der Waals surface area contributed by atoms with E-state index in [4.69, 9.17) is 24.2 Å². The molecular weight excluding hydrogens is 817 g/mol. The van der Waals surface area contributed by atoms with Crippen molar-refractivity contribution >= 4 is 40.0 Å². The second kappa shape index (κ2) is 16.6. The van der Waals surface area contributed by atoms with Gasteiger partial charge in [-0.3, -0.25) is 34.2 Å². The van der Waals surface area contributed by atoms with Gasteiger partial charge in [0, 0.05) is 97.9 Å². The summed E-state index contributed by atoms with van der Waals surface area (Å²) in [5.74, 6) is -0.521. The zero-order valence-electron chi connectivity index (χ0n) is 37.6. The van der Waals surface area contributed by atoms with Crippen molar-refractivity contribution < 1.29 is 28.6 Å². The Morgan fingerprint density at radius 1 is 1.03 bits per heavy atom. The van der Waals surface area contributed by atoms with Crippen LogP contribution in [0.15, 0.2) is 41.9 Å². The first-order chi connectivity index (χ1) is 30.3. The largest absolute Gasteiger partial charge is 0.464 e. The number of thiazole rings is 1. The van der Waals surface area contributed by atoms with E-state index >= 15 is 0 Å². The number of likely N-dealkylation sites (tertiary alicyclic amines) is 2. The minimum atomic E-state index is -0.957. The first-order valence-corrected chi connectivity index (χ1v) is 23.9. The molecule has 3 saturated heterocycles. The molecule has 336 valence electrons. The summed E-state index contributed by atoms with van der Waals surface area (Å²) in [6, 6.07) is 9.60. The lowest BCUT2D eigenvalue weighted by molar-refractivity contribution is -0.156. The van der Waals surface area contributed by atoms with E-state index in [-0.39, 0.29) is 54.4 Å². The molecule has 1 unspecified atom stereocenters. The average molecular weight is 879 g/mol. The first kappa shape index (κ1) is 42.7. The second-order valence-corrected chi connectivity index (χ2v) is 20.8. The fourth-order valence-electron chi connectivity index (χ4n) is 10.6. The van der Waals surface area contributed by atoms with Gasteiger partial charge in [0.05, 0.1) is 48.0 Å². The zero-order valence-corrected chi connectivity index (χ0v) is 38.5. The molecule has 0 spiro atoms. The van der Waals surface area contributed by atoms with Gasteiger partial charge in [0.2, 0.25) is 5.91 Å². The Morgan fingerprint density at radius 3 is 2.52 bits per heavy atom. The van der Waals surface area contributed by atoms with Crippen LogP contribution in [0.4, 0.5) is 0 Å². The van der Waals surface area contributed by atoms with E-state index in [1.807, 2.05) is 19.2 Å². The average Bonchev–Trinajstić information content (AvgIpc) is 4.10. The number of ether oxygens (including phenoxy) is 3. The Bertz CT molecular complexity index is 2390. The van der Waals surface area contributed by atoms with Crippen LogP contribution in [0, 0.1) is 23.2 Å². The van der Waals surface area contributed by atoms with E-state index in [0.717, 1.165) is 57.2 Å². The molecule has 2 N–H and O–H groups in total. The number of aromatic nitrogens is 3. The zero-order chi connectivity index (χ0) is 43.9. The minimum absolute atomic E-state index is 0.00204. The summed E-state index contributed by atoms with van der Waals surface area (Å²) in [7, 11) is 3.43. The van der Waals surface area contributed by atoms with Crippen LogP contribution in [0.2, 0.25) is 0 Å². The molecule has 0 radical (unpaired) electrons. The number of hydrogen-bond acceptors (Lipinski definition) is 12. The fraction of sp³-hybridized carbons (Fsp3) is 0.604. The summed E-state index contributed by atoms with van der Waals surface area (Å²) in [5, 5.41) is 8.73. The number of nitrogens with one attached hydrogen (secondary N) is 2. The number of benzene rings is 1. The van der Waals surface area contributed by atoms with Gasteiger partial charge < -0.3 is 24.1 Å². The van der Waals surface area contributed by atoms with Crippen LogP contribution in [0.3, 0.4) is 0 Å². The first-order valence-electron chi connectivity index (χ1n) is 23.0. The predicted molar refractivity (Wildman–Crippen MR) is 241 cm³/mol. The molecule has 3 aromatic heterocycles. The molecule has 5 fully saturated rings. The predicted octanol–water partition coefficient (Wildman–Crippen LogP) is 5.93. The van der Waals surface area contributed by atoms with E-state index in [0.29, 0.717) is 44.9 Å². The molecule has 2 amide bonds. The number of esters is 1. The summed E-state index contributed by atoms with van der Waals surface area (Å²) >= 11 is 1.51. The van der Waals surface area contributed by atoms with Crippen LogP contribution in [0.5, 0.6) is 0 Å². The molecular formula is C48H62N8O6S. The number of methoxy groups -OCH3 is 2. The lowest BCUT2D eigenvalue weighted by Crippen LogP contribution is -2.65. The normalized spacial score (nSPS) is 28.8. The summed E-state index contributed by atoms with van der Waals surface area (Å²) in [5.41, 5.74) is 9.95. The third kappa shape index (κ3) is 7.90. The SMILES string of the molecule is COC1CN([C@@H]2c3nc(cs3)-c3ccc4c(c3)c(c(-c3cccnc3[C@H](C)OC)n4C3CN(C4CC4)C3)CC(C)(C)COC(=O)[C@@H]3CCCN(N3)C(=O)[C@H]2NC(=O)C2[C@@H](C)[C@H]2C)C1. The molecule has 7 atom stereocenters. The number of rotatable bonds is 9. The Morgan fingerprint density at radius 2 is 1.81 bits per heavy atom. The monoisotopic (exact) mass is 878 g/mol. The molecule has 2 saturated carbocycles. The van der Waals surface area contributed by atoms with E-state index in [1.165, 1.54) is 34.8 Å². The highest BCUT2D eigenvalue weighted by Gasteiger charge is 2.52. The molecule has 6 bridgehead atoms. The summed E-state index contributed by atoms with van der Waals surface area (Å²) in [4.78, 5) is 58.1. The van der Waals surface area contributed by atoms with Crippen molar-refractivity contribution in [1.29, 1.82) is 0 Å². The Hall–Kier alpha value is -4.25. The molecule has 4 aliphatic heterocycles. The number of nitrogens with zero attached hydrogens (tertiary/aromatic N) is 6. The van der Waals surface area contributed by atoms with Gasteiger partial charge >= 0.3 is 5.97 Å². The molecule has 1 aromatic carbocycles. The van der Waals surface area contributed by atoms with Crippen molar-refractivity contribution in [3.05, 3.63) is 58.2 Å². The number of fused-ring (bicyclic) bond motifs is 6. The number of amides is 2. The van der Waals surface area contributed by atoms with E-state index in [2.05, 4.69) is 82.4 Å². The Kier molecular flexibility index (Phi) is 11.3. The molecule has 14 nitrogen and oxygen atoms in total. The van der Waals surface area contributed by atoms with Gasteiger partial charge in [-0.2, -0.15) is 0 Å². The van der Waals surface area contributed by atoms with Crippen LogP contribution in [-0.2, 0) is 35.0 Å². The lowest BCUT2D eigenvalue weighted by atomic mass is 9.84. The standard InChI is InChI=1S/C48H62N8O6S/c1-26-27(2)39(26)44(57)51-41-43(54-22-32(23-54)61-7)45-50-37(24-63-45)29-12-15-38-34(18-29)35(19-48(4,5)25-62-47(59)36-11-9-17-55(52-36)46(41)58)42(33-10-8-16-49-40(33)28(3)60-6)56(38)31-20-53(21-31)30-13-14-30/h8,10,12,15-16,18,24,26-28,30-32,36,39,41,43,52H,9,11,13-14,17,19-23,25H2,1-7H3,(H,51,57)/t26-,27+,28-,36-,39?,41-,43-/m0/s1. The van der Waals surface area contributed by atoms with Gasteiger partial charge in [-0.15, -0.1) is 11.3 Å². The molecule has 15 heteroatoms. The van der Waals surface area contributed by atoms with Crippen molar-refractivity contribution in [2.75, 3.05) is 53.6 Å². The minimum Gasteiger partial charge on any atom is -0.464 e. The molecule has 2 aliphatic carbocycles. The van der Waals surface area contributed by atoms with E-state index in [1.54, 1.807) is 14.2 Å². The number of hydrogen-bond donors (Lipinski definition) is 2. The highest BCUT2D eigenvalue weighted by molar-refractivity contribution is 7.10. The molecule has 4 aromatic rings. The molecule has 10 rings (SSSR count). The number of cyclic esters (lactones) is 1. The van der Waals surface area contributed by atoms with Gasteiger partial charge in [-0.05, 0) is 80.7 Å². The topological polar surface area (TPSA) is 143 Å². The van der Waals surface area contributed by atoms with Crippen LogP contribution >= 0.6 is 11.3 Å². The highest BCUT2D eigenvalue weighted by Crippen LogP contribution is 2.48. The maximum Gasteiger partial charge on any atom is 0.324 e. The van der Waals surface area contributed by atoms with E-state index < -0.39 is 29.5 Å². The fourth-order valence-corrected chi connectivity index (χ4v) is 11.6. The molecule has 6 aliphatic rings. The molecule has 7 heterocycles. The van der Waals surface area contributed by atoms with Gasteiger partial charge in [-0.25, -0.2) is 10.4 Å². The Labute approximate surface area is 374 Å². The smallest absolute Gasteiger partial charge is 0.324 e. The highest BCUT2D eigenvalue weighted by atomic mass is 32.1. The molecule has 63 heavy (non-hydrogen) atoms. The van der Waals surface area contributed by atoms with Crippen molar-refractivity contribution in [3.63, 3.8) is 0 Å². The van der Waals surface area contributed by atoms with Crippen LogP contribution in [-0.4, -0.2) is 125 Å². The van der Waals surface area contributed by atoms with Gasteiger partial charge in [0.15, 0.2) is 0 Å². The third-order valence-electron chi connectivity index (χ3n) is 14.9. The van der Waals surface area contributed by atoms with E-state index in [9.17, 15) is 14.4 Å². The lowest BCUT2D eigenvalue weighted by Gasteiger charge is -2.46. The van der Waals surface area contributed by atoms with Gasteiger partial charge in [0.25, 0.3) is 5.91 Å². The maximum absolute atomic E-state index is 14.9. The number of carbonyl (C=O) groups excluding carboxylic acids is 3. The second-order valence-electron chi connectivity index (χ2n) is 19.9. The van der Waals surface area contributed by atoms with Gasteiger partial charge in [0.1, 0.15) is 17.1 Å². The van der Waals surface area contributed by atoms with Crippen LogP contribution in [0.1, 0.15) is 94.8 Å². The van der Waals surface area contributed by atoms with Crippen LogP contribution in [0.25, 0.3) is 33.4 Å².